The summed E-state index contributed by atoms with van der Waals surface area (Å²) in [4.78, 5) is 8.87. The van der Waals surface area contributed by atoms with Gasteiger partial charge < -0.3 is 13.8 Å². The molecule has 2 aromatic heterocycles. The lowest BCUT2D eigenvalue weighted by molar-refractivity contribution is 0.192. The van der Waals surface area contributed by atoms with Crippen molar-refractivity contribution < 1.29 is 13.8 Å². The second-order valence-corrected chi connectivity index (χ2v) is 5.99. The fourth-order valence-corrected chi connectivity index (χ4v) is 2.75. The number of aryl methyl sites for hydroxylation is 3. The minimum atomic E-state index is 0.249. The van der Waals surface area contributed by atoms with Gasteiger partial charge in [-0.2, -0.15) is 9.97 Å². The molecule has 1 aliphatic rings. The molecule has 1 saturated heterocycles. The third kappa shape index (κ3) is 3.21. The third-order valence-corrected chi connectivity index (χ3v) is 4.08. The van der Waals surface area contributed by atoms with Crippen LogP contribution in [0.1, 0.15) is 35.5 Å². The fraction of sp³-hybridized carbons (Fsp3) is 0.412. The summed E-state index contributed by atoms with van der Waals surface area (Å²) in [5, 5.41) is 8.08. The first-order chi connectivity index (χ1) is 11.8. The lowest BCUT2D eigenvalue weighted by Crippen LogP contribution is -2.00. The van der Waals surface area contributed by atoms with Crippen molar-refractivity contribution in [2.45, 2.75) is 32.1 Å². The molecule has 3 aromatic rings. The zero-order valence-corrected chi connectivity index (χ0v) is 13.4. The normalized spacial score (nSPS) is 17.5. The lowest BCUT2D eigenvalue weighted by atomic mass is 10.1. The van der Waals surface area contributed by atoms with Crippen molar-refractivity contribution in [1.82, 2.24) is 20.3 Å². The number of hydrogen-bond donors (Lipinski definition) is 0. The predicted octanol–water partition coefficient (Wildman–Crippen LogP) is 2.72. The molecule has 124 valence electrons. The number of hydrogen-bond acceptors (Lipinski definition) is 7. The highest BCUT2D eigenvalue weighted by Crippen LogP contribution is 2.23. The van der Waals surface area contributed by atoms with Gasteiger partial charge in [0.05, 0.1) is 6.61 Å². The molecule has 1 aromatic carbocycles. The Morgan fingerprint density at radius 2 is 1.92 bits per heavy atom. The van der Waals surface area contributed by atoms with Gasteiger partial charge in [-0.25, -0.2) is 0 Å². The van der Waals surface area contributed by atoms with Crippen LogP contribution in [0.4, 0.5) is 0 Å². The van der Waals surface area contributed by atoms with Crippen molar-refractivity contribution in [3.05, 3.63) is 47.4 Å². The van der Waals surface area contributed by atoms with Crippen LogP contribution in [-0.4, -0.2) is 33.5 Å². The molecule has 1 fully saturated rings. The Bertz CT molecular complexity index is 821. The molecule has 7 nitrogen and oxygen atoms in total. The first-order valence-corrected chi connectivity index (χ1v) is 8.08. The second kappa shape index (κ2) is 6.52. The maximum atomic E-state index is 5.35. The number of benzene rings is 1. The van der Waals surface area contributed by atoms with Gasteiger partial charge in [-0.05, 0) is 19.4 Å². The van der Waals surface area contributed by atoms with Gasteiger partial charge in [0, 0.05) is 30.9 Å². The topological polar surface area (TPSA) is 87.1 Å². The average Bonchev–Trinajstić information content (AvgIpc) is 3.33. The van der Waals surface area contributed by atoms with E-state index in [2.05, 4.69) is 20.3 Å². The van der Waals surface area contributed by atoms with Crippen molar-refractivity contribution >= 4 is 0 Å². The molecule has 4 rings (SSSR count). The van der Waals surface area contributed by atoms with Crippen molar-refractivity contribution in [3.8, 4) is 11.4 Å². The van der Waals surface area contributed by atoms with Crippen LogP contribution >= 0.6 is 0 Å². The predicted molar refractivity (Wildman–Crippen MR) is 84.4 cm³/mol. The van der Waals surface area contributed by atoms with Crippen LogP contribution < -0.4 is 0 Å². The molecular weight excluding hydrogens is 308 g/mol. The van der Waals surface area contributed by atoms with Crippen LogP contribution in [0, 0.1) is 6.92 Å². The van der Waals surface area contributed by atoms with Crippen LogP contribution in [0.2, 0.25) is 0 Å². The van der Waals surface area contributed by atoms with E-state index in [1.165, 1.54) is 0 Å². The number of aromatic nitrogens is 4. The van der Waals surface area contributed by atoms with E-state index in [4.69, 9.17) is 13.8 Å². The first-order valence-electron chi connectivity index (χ1n) is 8.08. The molecule has 7 heteroatoms. The van der Waals surface area contributed by atoms with Gasteiger partial charge in [0.15, 0.2) is 5.82 Å². The molecule has 1 atom stereocenters. The van der Waals surface area contributed by atoms with Crippen molar-refractivity contribution in [1.29, 1.82) is 0 Å². The second-order valence-electron chi connectivity index (χ2n) is 5.99. The molecule has 0 saturated carbocycles. The highest BCUT2D eigenvalue weighted by Gasteiger charge is 2.23. The first kappa shape index (κ1) is 15.0. The smallest absolute Gasteiger partial charge is 0.227 e. The van der Waals surface area contributed by atoms with E-state index in [1.807, 2.05) is 31.2 Å². The van der Waals surface area contributed by atoms with Crippen LogP contribution in [0.15, 0.2) is 33.3 Å². The van der Waals surface area contributed by atoms with Crippen molar-refractivity contribution in [2.24, 2.45) is 0 Å². The summed E-state index contributed by atoms with van der Waals surface area (Å²) in [6.07, 6.45) is 2.10. The van der Waals surface area contributed by atoms with Crippen LogP contribution in [-0.2, 0) is 17.6 Å². The Labute approximate surface area is 139 Å². The maximum Gasteiger partial charge on any atom is 0.227 e. The summed E-state index contributed by atoms with van der Waals surface area (Å²) in [5.74, 6) is 2.73. The van der Waals surface area contributed by atoms with Gasteiger partial charge >= 0.3 is 0 Å². The standard InChI is InChI=1S/C17H18N4O3/c1-11-3-2-4-12(9-11)16-18-14(23-20-16)5-6-15-19-17(21-24-15)13-7-8-22-10-13/h2-4,9,13H,5-8,10H2,1H3/t13-/m0/s1. The Morgan fingerprint density at radius 3 is 2.71 bits per heavy atom. The molecule has 0 radical (unpaired) electrons. The number of ether oxygens (including phenoxy) is 1. The number of nitrogens with zero attached hydrogens (tertiary/aromatic N) is 4. The zero-order valence-electron chi connectivity index (χ0n) is 13.4. The summed E-state index contributed by atoms with van der Waals surface area (Å²) in [6, 6.07) is 8.01. The molecule has 0 aliphatic carbocycles. The molecule has 1 aliphatic heterocycles. The minimum absolute atomic E-state index is 0.249. The summed E-state index contributed by atoms with van der Waals surface area (Å²) < 4.78 is 16.0. The monoisotopic (exact) mass is 326 g/mol. The largest absolute Gasteiger partial charge is 0.381 e. The molecule has 0 N–H and O–H groups in total. The minimum Gasteiger partial charge on any atom is -0.381 e. The van der Waals surface area contributed by atoms with Gasteiger partial charge in [0.2, 0.25) is 17.6 Å². The highest BCUT2D eigenvalue weighted by molar-refractivity contribution is 5.55. The maximum absolute atomic E-state index is 5.35. The van der Waals surface area contributed by atoms with E-state index < -0.39 is 0 Å². The Morgan fingerprint density at radius 1 is 1.08 bits per heavy atom. The van der Waals surface area contributed by atoms with Gasteiger partial charge in [-0.3, -0.25) is 0 Å². The highest BCUT2D eigenvalue weighted by atomic mass is 16.5. The summed E-state index contributed by atoms with van der Waals surface area (Å²) in [7, 11) is 0. The van der Waals surface area contributed by atoms with Gasteiger partial charge in [0.1, 0.15) is 0 Å². The molecule has 0 bridgehead atoms. The van der Waals surface area contributed by atoms with Crippen LogP contribution in [0.5, 0.6) is 0 Å². The van der Waals surface area contributed by atoms with E-state index in [-0.39, 0.29) is 5.92 Å². The summed E-state index contributed by atoms with van der Waals surface area (Å²) in [6.45, 7) is 3.47. The molecule has 24 heavy (non-hydrogen) atoms. The average molecular weight is 326 g/mol. The zero-order chi connectivity index (χ0) is 16.4. The van der Waals surface area contributed by atoms with Gasteiger partial charge in [-0.15, -0.1) is 0 Å². The third-order valence-electron chi connectivity index (χ3n) is 4.08. The summed E-state index contributed by atoms with van der Waals surface area (Å²) in [5.41, 5.74) is 2.11. The van der Waals surface area contributed by atoms with E-state index >= 15 is 0 Å². The van der Waals surface area contributed by atoms with E-state index in [0.717, 1.165) is 30.0 Å². The SMILES string of the molecule is Cc1cccc(-c2noc(CCc3nc([C@H]4CCOC4)no3)n2)c1. The van der Waals surface area contributed by atoms with Crippen molar-refractivity contribution in [2.75, 3.05) is 13.2 Å². The van der Waals surface area contributed by atoms with Gasteiger partial charge in [-0.1, -0.05) is 34.1 Å². The van der Waals surface area contributed by atoms with Crippen molar-refractivity contribution in [3.63, 3.8) is 0 Å². The van der Waals surface area contributed by atoms with Crippen LogP contribution in [0.25, 0.3) is 11.4 Å². The van der Waals surface area contributed by atoms with E-state index in [9.17, 15) is 0 Å². The molecule has 3 heterocycles. The molecule has 0 unspecified atom stereocenters. The van der Waals surface area contributed by atoms with Crippen LogP contribution in [0.3, 0.4) is 0 Å². The molecule has 0 amide bonds. The molecule has 0 spiro atoms. The Hall–Kier alpha value is -2.54. The van der Waals surface area contributed by atoms with E-state index in [1.54, 1.807) is 0 Å². The quantitative estimate of drug-likeness (QED) is 0.712. The fourth-order valence-electron chi connectivity index (χ4n) is 2.75. The molecular formula is C17H18N4O3. The summed E-state index contributed by atoms with van der Waals surface area (Å²) >= 11 is 0. The lowest BCUT2D eigenvalue weighted by Gasteiger charge is -1.97. The van der Waals surface area contributed by atoms with Gasteiger partial charge in [0.25, 0.3) is 0 Å². The Kier molecular flexibility index (Phi) is 4.08. The number of rotatable bonds is 5. The Balaban J connectivity index is 1.40. The van der Waals surface area contributed by atoms with E-state index in [0.29, 0.717) is 37.1 Å².